The largest absolute Gasteiger partial charge is 0.296 e. The standard InChI is InChI=1S/C8H10N2O/c1-6(2)8-4-3-7(5-11)9-10-8/h3-6H,1-2H3. The molecule has 0 fully saturated rings. The summed E-state index contributed by atoms with van der Waals surface area (Å²) in [6.07, 6.45) is 0.692. The summed E-state index contributed by atoms with van der Waals surface area (Å²) in [7, 11) is 0. The molecule has 1 aromatic rings. The number of hydrogen-bond acceptors (Lipinski definition) is 3. The molecule has 0 aromatic carbocycles. The van der Waals surface area contributed by atoms with Gasteiger partial charge in [-0.3, -0.25) is 4.79 Å². The monoisotopic (exact) mass is 150 g/mol. The average Bonchev–Trinajstić information content (AvgIpc) is 2.05. The summed E-state index contributed by atoms with van der Waals surface area (Å²) >= 11 is 0. The van der Waals surface area contributed by atoms with E-state index in [2.05, 4.69) is 10.2 Å². The van der Waals surface area contributed by atoms with Gasteiger partial charge < -0.3 is 0 Å². The van der Waals surface area contributed by atoms with Crippen LogP contribution in [0.4, 0.5) is 0 Å². The van der Waals surface area contributed by atoms with Crippen molar-refractivity contribution in [2.75, 3.05) is 0 Å². The fourth-order valence-corrected chi connectivity index (χ4v) is 0.724. The maximum atomic E-state index is 10.2. The maximum absolute atomic E-state index is 10.2. The molecule has 1 rings (SSSR count). The molecule has 3 heteroatoms. The van der Waals surface area contributed by atoms with Gasteiger partial charge in [0.2, 0.25) is 0 Å². The Morgan fingerprint density at radius 1 is 1.36 bits per heavy atom. The van der Waals surface area contributed by atoms with Crippen LogP contribution < -0.4 is 0 Å². The van der Waals surface area contributed by atoms with Crippen LogP contribution in [0.5, 0.6) is 0 Å². The van der Waals surface area contributed by atoms with E-state index in [0.717, 1.165) is 5.69 Å². The first-order chi connectivity index (χ1) is 5.24. The zero-order valence-corrected chi connectivity index (χ0v) is 6.61. The van der Waals surface area contributed by atoms with Crippen molar-refractivity contribution in [3.63, 3.8) is 0 Å². The first-order valence-electron chi connectivity index (χ1n) is 3.53. The van der Waals surface area contributed by atoms with Gasteiger partial charge in [-0.05, 0) is 18.1 Å². The Bertz CT molecular complexity index is 241. The lowest BCUT2D eigenvalue weighted by atomic mass is 10.1. The lowest BCUT2D eigenvalue weighted by molar-refractivity contribution is 0.111. The van der Waals surface area contributed by atoms with Gasteiger partial charge in [-0.2, -0.15) is 5.10 Å². The molecule has 0 radical (unpaired) electrons. The van der Waals surface area contributed by atoms with E-state index in [9.17, 15) is 4.79 Å². The van der Waals surface area contributed by atoms with Gasteiger partial charge in [0.15, 0.2) is 6.29 Å². The highest BCUT2D eigenvalue weighted by molar-refractivity contribution is 5.71. The van der Waals surface area contributed by atoms with Gasteiger partial charge >= 0.3 is 0 Å². The van der Waals surface area contributed by atoms with E-state index in [1.165, 1.54) is 0 Å². The van der Waals surface area contributed by atoms with E-state index in [4.69, 9.17) is 0 Å². The van der Waals surface area contributed by atoms with E-state index in [1.54, 1.807) is 6.07 Å². The molecule has 0 amide bonds. The summed E-state index contributed by atoms with van der Waals surface area (Å²) in [4.78, 5) is 10.2. The molecule has 11 heavy (non-hydrogen) atoms. The zero-order valence-electron chi connectivity index (χ0n) is 6.61. The highest BCUT2D eigenvalue weighted by atomic mass is 16.1. The molecule has 0 saturated carbocycles. The van der Waals surface area contributed by atoms with E-state index in [1.807, 2.05) is 19.9 Å². The molecule has 0 atom stereocenters. The summed E-state index contributed by atoms with van der Waals surface area (Å²) in [5, 5.41) is 7.57. The Morgan fingerprint density at radius 2 is 2.09 bits per heavy atom. The fourth-order valence-electron chi connectivity index (χ4n) is 0.724. The number of rotatable bonds is 2. The third-order valence-electron chi connectivity index (χ3n) is 1.42. The summed E-state index contributed by atoms with van der Waals surface area (Å²) in [5.74, 6) is 0.364. The summed E-state index contributed by atoms with van der Waals surface area (Å²) in [6, 6.07) is 3.50. The molecule has 0 N–H and O–H groups in total. The first kappa shape index (κ1) is 7.85. The van der Waals surface area contributed by atoms with Crippen molar-refractivity contribution in [3.8, 4) is 0 Å². The lowest BCUT2D eigenvalue weighted by Crippen LogP contribution is -1.97. The molecule has 0 aliphatic rings. The predicted molar refractivity (Wildman–Crippen MR) is 41.5 cm³/mol. The second kappa shape index (κ2) is 3.23. The molecule has 0 saturated heterocycles. The number of carbonyl (C=O) groups excluding carboxylic acids is 1. The average molecular weight is 150 g/mol. The van der Waals surface area contributed by atoms with Gasteiger partial charge in [0.1, 0.15) is 5.69 Å². The molecular formula is C8H10N2O. The molecule has 3 nitrogen and oxygen atoms in total. The molecule has 0 bridgehead atoms. The van der Waals surface area contributed by atoms with Crippen LogP contribution in [-0.4, -0.2) is 16.5 Å². The molecule has 0 aliphatic carbocycles. The number of hydrogen-bond donors (Lipinski definition) is 0. The summed E-state index contributed by atoms with van der Waals surface area (Å²) in [5.41, 5.74) is 1.30. The number of nitrogens with zero attached hydrogens (tertiary/aromatic N) is 2. The minimum atomic E-state index is 0.364. The van der Waals surface area contributed by atoms with Gasteiger partial charge in [0.05, 0.1) is 5.69 Å². The molecular weight excluding hydrogens is 140 g/mol. The van der Waals surface area contributed by atoms with Gasteiger partial charge in [0, 0.05) is 0 Å². The highest BCUT2D eigenvalue weighted by Gasteiger charge is 2.00. The van der Waals surface area contributed by atoms with Crippen molar-refractivity contribution in [1.82, 2.24) is 10.2 Å². The quantitative estimate of drug-likeness (QED) is 0.598. The second-order valence-electron chi connectivity index (χ2n) is 2.66. The third-order valence-corrected chi connectivity index (χ3v) is 1.42. The van der Waals surface area contributed by atoms with Crippen LogP contribution >= 0.6 is 0 Å². The summed E-state index contributed by atoms with van der Waals surface area (Å²) < 4.78 is 0. The predicted octanol–water partition coefficient (Wildman–Crippen LogP) is 1.41. The van der Waals surface area contributed by atoms with E-state index >= 15 is 0 Å². The highest BCUT2D eigenvalue weighted by Crippen LogP contribution is 2.08. The SMILES string of the molecule is CC(C)c1ccc(C=O)nn1. The van der Waals surface area contributed by atoms with Crippen LogP contribution in [0.25, 0.3) is 0 Å². The molecule has 1 heterocycles. The lowest BCUT2D eigenvalue weighted by Gasteiger charge is -2.00. The van der Waals surface area contributed by atoms with Crippen molar-refractivity contribution >= 4 is 6.29 Å². The van der Waals surface area contributed by atoms with Gasteiger partial charge in [-0.25, -0.2) is 0 Å². The van der Waals surface area contributed by atoms with Gasteiger partial charge in [-0.15, -0.1) is 5.10 Å². The molecule has 1 aromatic heterocycles. The first-order valence-corrected chi connectivity index (χ1v) is 3.53. The van der Waals surface area contributed by atoms with Crippen LogP contribution in [0.3, 0.4) is 0 Å². The molecule has 58 valence electrons. The maximum Gasteiger partial charge on any atom is 0.170 e. The molecule has 0 spiro atoms. The van der Waals surface area contributed by atoms with Crippen LogP contribution in [0.15, 0.2) is 12.1 Å². The number of carbonyl (C=O) groups is 1. The number of aldehydes is 1. The third kappa shape index (κ3) is 1.83. The van der Waals surface area contributed by atoms with Crippen molar-refractivity contribution in [1.29, 1.82) is 0 Å². The normalized spacial score (nSPS) is 10.1. The van der Waals surface area contributed by atoms with Crippen molar-refractivity contribution in [2.24, 2.45) is 0 Å². The van der Waals surface area contributed by atoms with E-state index in [0.29, 0.717) is 17.9 Å². The van der Waals surface area contributed by atoms with Crippen molar-refractivity contribution in [2.45, 2.75) is 19.8 Å². The minimum absolute atomic E-state index is 0.364. The fraction of sp³-hybridized carbons (Fsp3) is 0.375. The van der Waals surface area contributed by atoms with Gasteiger partial charge in [0.25, 0.3) is 0 Å². The van der Waals surface area contributed by atoms with E-state index < -0.39 is 0 Å². The Hall–Kier alpha value is -1.25. The molecule has 0 unspecified atom stereocenters. The zero-order chi connectivity index (χ0) is 8.27. The second-order valence-corrected chi connectivity index (χ2v) is 2.66. The van der Waals surface area contributed by atoms with Crippen molar-refractivity contribution < 1.29 is 4.79 Å². The van der Waals surface area contributed by atoms with Crippen LogP contribution in [-0.2, 0) is 0 Å². The van der Waals surface area contributed by atoms with Crippen molar-refractivity contribution in [3.05, 3.63) is 23.5 Å². The Labute approximate surface area is 65.5 Å². The van der Waals surface area contributed by atoms with Crippen LogP contribution in [0, 0.1) is 0 Å². The topological polar surface area (TPSA) is 42.9 Å². The minimum Gasteiger partial charge on any atom is -0.296 e. The smallest absolute Gasteiger partial charge is 0.170 e. The van der Waals surface area contributed by atoms with Crippen LogP contribution in [0.1, 0.15) is 35.9 Å². The summed E-state index contributed by atoms with van der Waals surface area (Å²) in [6.45, 7) is 4.06. The Kier molecular flexibility index (Phi) is 2.31. The number of aromatic nitrogens is 2. The molecule has 0 aliphatic heterocycles. The Morgan fingerprint density at radius 3 is 2.45 bits per heavy atom. The van der Waals surface area contributed by atoms with Gasteiger partial charge in [-0.1, -0.05) is 13.8 Å². The van der Waals surface area contributed by atoms with Crippen LogP contribution in [0.2, 0.25) is 0 Å². The Balaban J connectivity index is 2.91. The van der Waals surface area contributed by atoms with E-state index in [-0.39, 0.29) is 0 Å².